The number of rotatable bonds is 1. The molecule has 2 nitrogen and oxygen atoms in total. The van der Waals surface area contributed by atoms with Crippen molar-refractivity contribution in [2.75, 3.05) is 0 Å². The first kappa shape index (κ1) is 8.67. The Morgan fingerprint density at radius 1 is 1.31 bits per heavy atom. The van der Waals surface area contributed by atoms with Gasteiger partial charge in [0.2, 0.25) is 0 Å². The molecule has 0 fully saturated rings. The van der Waals surface area contributed by atoms with Crippen LogP contribution in [0.25, 0.3) is 0 Å². The molecule has 1 aromatic heterocycles. The van der Waals surface area contributed by atoms with E-state index in [0.717, 1.165) is 12.8 Å². The number of aromatic nitrogens is 1. The van der Waals surface area contributed by atoms with Crippen LogP contribution in [-0.2, 0) is 12.8 Å². The van der Waals surface area contributed by atoms with E-state index in [-0.39, 0.29) is 0 Å². The molecule has 1 heterocycles. The van der Waals surface area contributed by atoms with Crippen LogP contribution in [0.3, 0.4) is 0 Å². The zero-order chi connectivity index (χ0) is 9.42. The van der Waals surface area contributed by atoms with Gasteiger partial charge in [0.1, 0.15) is 0 Å². The SMILES string of the molecule is CC(C)n1c(O)cc2c1CCCC2. The molecule has 2 heteroatoms. The molecule has 0 aromatic carbocycles. The Bertz CT molecular complexity index is 312. The lowest BCUT2D eigenvalue weighted by Gasteiger charge is -2.18. The molecule has 0 spiro atoms. The molecule has 0 amide bonds. The first-order valence-corrected chi connectivity index (χ1v) is 5.12. The molecule has 72 valence electrons. The van der Waals surface area contributed by atoms with Gasteiger partial charge in [0, 0.05) is 17.8 Å². The highest BCUT2D eigenvalue weighted by atomic mass is 16.3. The van der Waals surface area contributed by atoms with Gasteiger partial charge in [-0.15, -0.1) is 0 Å². The molecule has 0 saturated heterocycles. The van der Waals surface area contributed by atoms with E-state index in [0.29, 0.717) is 11.9 Å². The maximum atomic E-state index is 9.74. The van der Waals surface area contributed by atoms with Gasteiger partial charge in [-0.25, -0.2) is 0 Å². The minimum absolute atomic E-state index is 0.377. The molecule has 1 N–H and O–H groups in total. The van der Waals surface area contributed by atoms with Gasteiger partial charge in [0.25, 0.3) is 0 Å². The number of fused-ring (bicyclic) bond motifs is 1. The van der Waals surface area contributed by atoms with Gasteiger partial charge in [-0.2, -0.15) is 0 Å². The third kappa shape index (κ3) is 1.34. The lowest BCUT2D eigenvalue weighted by molar-refractivity contribution is 0.392. The summed E-state index contributed by atoms with van der Waals surface area (Å²) in [7, 11) is 0. The highest BCUT2D eigenvalue weighted by Crippen LogP contribution is 2.31. The molecular formula is C11H17NO. The Balaban J connectivity index is 2.48. The molecule has 1 aromatic rings. The molecule has 2 rings (SSSR count). The first-order chi connectivity index (χ1) is 6.20. The van der Waals surface area contributed by atoms with Gasteiger partial charge < -0.3 is 9.67 Å². The number of nitrogens with zero attached hydrogens (tertiary/aromatic N) is 1. The highest BCUT2D eigenvalue weighted by molar-refractivity contribution is 5.33. The summed E-state index contributed by atoms with van der Waals surface area (Å²) in [6, 6.07) is 2.32. The molecule has 0 bridgehead atoms. The van der Waals surface area contributed by atoms with Crippen molar-refractivity contribution in [2.24, 2.45) is 0 Å². The van der Waals surface area contributed by atoms with Crippen LogP contribution in [0.4, 0.5) is 0 Å². The Morgan fingerprint density at radius 3 is 2.69 bits per heavy atom. The van der Waals surface area contributed by atoms with Crippen LogP contribution >= 0.6 is 0 Å². The third-order valence-electron chi connectivity index (χ3n) is 2.84. The summed E-state index contributed by atoms with van der Waals surface area (Å²) in [4.78, 5) is 0. The van der Waals surface area contributed by atoms with E-state index in [1.165, 1.54) is 24.1 Å². The summed E-state index contributed by atoms with van der Waals surface area (Å²) in [5, 5.41) is 9.74. The molecular weight excluding hydrogens is 162 g/mol. The van der Waals surface area contributed by atoms with E-state index in [9.17, 15) is 5.11 Å². The van der Waals surface area contributed by atoms with Crippen LogP contribution in [0.5, 0.6) is 5.88 Å². The topological polar surface area (TPSA) is 25.2 Å². The van der Waals surface area contributed by atoms with Crippen molar-refractivity contribution in [3.63, 3.8) is 0 Å². The number of hydrogen-bond acceptors (Lipinski definition) is 1. The number of aryl methyl sites for hydroxylation is 1. The van der Waals surface area contributed by atoms with Crippen molar-refractivity contribution in [1.29, 1.82) is 0 Å². The zero-order valence-corrected chi connectivity index (χ0v) is 8.38. The number of hydrogen-bond donors (Lipinski definition) is 1. The van der Waals surface area contributed by atoms with Gasteiger partial charge in [-0.05, 0) is 45.1 Å². The normalized spacial score (nSPS) is 16.2. The molecule has 0 radical (unpaired) electrons. The fraction of sp³-hybridized carbons (Fsp3) is 0.636. The van der Waals surface area contributed by atoms with Crippen molar-refractivity contribution in [2.45, 2.75) is 45.6 Å². The van der Waals surface area contributed by atoms with Crippen LogP contribution in [-0.4, -0.2) is 9.67 Å². The zero-order valence-electron chi connectivity index (χ0n) is 8.38. The maximum Gasteiger partial charge on any atom is 0.191 e. The summed E-state index contributed by atoms with van der Waals surface area (Å²) in [5.74, 6) is 0.446. The average molecular weight is 179 g/mol. The van der Waals surface area contributed by atoms with Gasteiger partial charge in [-0.3, -0.25) is 0 Å². The van der Waals surface area contributed by atoms with Gasteiger partial charge >= 0.3 is 0 Å². The smallest absolute Gasteiger partial charge is 0.191 e. The van der Waals surface area contributed by atoms with Crippen molar-refractivity contribution >= 4 is 0 Å². The molecule has 0 unspecified atom stereocenters. The Labute approximate surface area is 79.2 Å². The van der Waals surface area contributed by atoms with E-state index in [2.05, 4.69) is 18.4 Å². The highest BCUT2D eigenvalue weighted by Gasteiger charge is 2.18. The summed E-state index contributed by atoms with van der Waals surface area (Å²) in [5.41, 5.74) is 2.72. The van der Waals surface area contributed by atoms with Crippen molar-refractivity contribution < 1.29 is 5.11 Å². The quantitative estimate of drug-likeness (QED) is 0.704. The predicted molar refractivity (Wildman–Crippen MR) is 53.1 cm³/mol. The second-order valence-electron chi connectivity index (χ2n) is 4.15. The van der Waals surface area contributed by atoms with Crippen LogP contribution in [0.2, 0.25) is 0 Å². The van der Waals surface area contributed by atoms with Crippen LogP contribution in [0, 0.1) is 0 Å². The van der Waals surface area contributed by atoms with E-state index >= 15 is 0 Å². The van der Waals surface area contributed by atoms with Crippen molar-refractivity contribution in [3.8, 4) is 5.88 Å². The molecule has 1 aliphatic rings. The van der Waals surface area contributed by atoms with Crippen molar-refractivity contribution in [1.82, 2.24) is 4.57 Å². The summed E-state index contributed by atoms with van der Waals surface area (Å²) in [6.07, 6.45) is 4.81. The first-order valence-electron chi connectivity index (χ1n) is 5.12. The Hall–Kier alpha value is -0.920. The number of aromatic hydroxyl groups is 1. The fourth-order valence-corrected chi connectivity index (χ4v) is 2.28. The van der Waals surface area contributed by atoms with Gasteiger partial charge in [0.15, 0.2) is 5.88 Å². The Kier molecular flexibility index (Phi) is 2.06. The average Bonchev–Trinajstić information content (AvgIpc) is 2.39. The molecule has 0 atom stereocenters. The second-order valence-corrected chi connectivity index (χ2v) is 4.15. The lowest BCUT2D eigenvalue weighted by Crippen LogP contribution is -2.09. The predicted octanol–water partition coefficient (Wildman–Crippen LogP) is 2.65. The minimum Gasteiger partial charge on any atom is -0.494 e. The van der Waals surface area contributed by atoms with E-state index < -0.39 is 0 Å². The minimum atomic E-state index is 0.377. The van der Waals surface area contributed by atoms with E-state index in [1.54, 1.807) is 0 Å². The largest absolute Gasteiger partial charge is 0.494 e. The molecule has 1 aliphatic carbocycles. The van der Waals surface area contributed by atoms with Crippen LogP contribution in [0.1, 0.15) is 44.0 Å². The fourth-order valence-electron chi connectivity index (χ4n) is 2.28. The monoisotopic (exact) mass is 179 g/mol. The van der Waals surface area contributed by atoms with E-state index in [4.69, 9.17) is 0 Å². The van der Waals surface area contributed by atoms with Crippen LogP contribution < -0.4 is 0 Å². The van der Waals surface area contributed by atoms with Crippen LogP contribution in [0.15, 0.2) is 6.07 Å². The summed E-state index contributed by atoms with van der Waals surface area (Å²) >= 11 is 0. The van der Waals surface area contributed by atoms with Gasteiger partial charge in [-0.1, -0.05) is 0 Å². The lowest BCUT2D eigenvalue weighted by atomic mass is 9.98. The summed E-state index contributed by atoms with van der Waals surface area (Å²) < 4.78 is 2.06. The van der Waals surface area contributed by atoms with Crippen molar-refractivity contribution in [3.05, 3.63) is 17.3 Å². The molecule has 13 heavy (non-hydrogen) atoms. The van der Waals surface area contributed by atoms with E-state index in [1.807, 2.05) is 6.07 Å². The second kappa shape index (κ2) is 3.09. The Morgan fingerprint density at radius 2 is 2.00 bits per heavy atom. The molecule has 0 aliphatic heterocycles. The maximum absolute atomic E-state index is 9.74. The standard InChI is InChI=1S/C11H17NO/c1-8(2)12-10-6-4-3-5-9(10)7-11(12)13/h7-8,13H,3-6H2,1-2H3. The molecule has 0 saturated carbocycles. The van der Waals surface area contributed by atoms with Gasteiger partial charge in [0.05, 0.1) is 0 Å². The summed E-state index contributed by atoms with van der Waals surface area (Å²) in [6.45, 7) is 4.24. The third-order valence-corrected chi connectivity index (χ3v) is 2.84.